The van der Waals surface area contributed by atoms with Crippen LogP contribution in [0.25, 0.3) is 0 Å². The molecule has 1 N–H and O–H groups in total. The maximum absolute atomic E-state index is 10.9. The van der Waals surface area contributed by atoms with Gasteiger partial charge in [-0.1, -0.05) is 13.8 Å². The van der Waals surface area contributed by atoms with Crippen molar-refractivity contribution >= 4 is 0 Å². The number of fused-ring (bicyclic) bond motifs is 7. The lowest BCUT2D eigenvalue weighted by molar-refractivity contribution is -0.300. The molecule has 4 saturated carbocycles. The van der Waals surface area contributed by atoms with Gasteiger partial charge in [0, 0.05) is 12.3 Å². The van der Waals surface area contributed by atoms with E-state index in [0.717, 1.165) is 25.7 Å². The van der Waals surface area contributed by atoms with E-state index in [1.54, 1.807) is 0 Å². The predicted octanol–water partition coefficient (Wildman–Crippen LogP) is 5.81. The molecule has 0 aromatic carbocycles. The Labute approximate surface area is 241 Å². The van der Waals surface area contributed by atoms with Crippen LogP contribution in [0.1, 0.15) is 107 Å². The Morgan fingerprint density at radius 3 is 2.10 bits per heavy atom. The van der Waals surface area contributed by atoms with E-state index in [2.05, 4.69) is 27.7 Å². The molecule has 7 aliphatic rings. The largest absolute Gasteiger partial charge is 0.388 e. The van der Waals surface area contributed by atoms with E-state index in [9.17, 15) is 5.11 Å². The Morgan fingerprint density at radius 2 is 1.40 bits per heavy atom. The lowest BCUT2D eigenvalue weighted by Crippen LogP contribution is -2.65. The molecule has 0 radical (unpaired) electrons. The first-order valence-corrected chi connectivity index (χ1v) is 16.3. The Bertz CT molecular complexity index is 997. The highest BCUT2D eigenvalue weighted by Crippen LogP contribution is 2.71. The van der Waals surface area contributed by atoms with E-state index < -0.39 is 23.0 Å². The highest BCUT2D eigenvalue weighted by atomic mass is 16.8. The van der Waals surface area contributed by atoms with Gasteiger partial charge in [-0.15, -0.1) is 0 Å². The smallest absolute Gasteiger partial charge is 0.172 e. The van der Waals surface area contributed by atoms with Crippen LogP contribution in [-0.4, -0.2) is 65.7 Å². The Hall–Kier alpha value is -0.280. The van der Waals surface area contributed by atoms with Crippen molar-refractivity contribution in [2.45, 2.75) is 154 Å². The van der Waals surface area contributed by atoms with Gasteiger partial charge in [-0.25, -0.2) is 0 Å². The van der Waals surface area contributed by atoms with Gasteiger partial charge in [-0.05, 0) is 121 Å². The predicted molar refractivity (Wildman–Crippen MR) is 149 cm³/mol. The number of aliphatic hydroxyl groups is 1. The SMILES string of the molecule is CC1(C)O[C@H]2C[C@@H]3C4(C[C@@H]5[C@H](CC[C@]6(C)[C@@H](C[C@H]7OC(C)(C)O[C@H]7C(C)(C)O)CC[C@@H]56)[C@@]3(C)C[C@H]2O1)OCCO4. The van der Waals surface area contributed by atoms with Crippen LogP contribution in [0.3, 0.4) is 0 Å². The number of rotatable bonds is 3. The molecule has 3 aliphatic heterocycles. The van der Waals surface area contributed by atoms with Gasteiger partial charge in [0.15, 0.2) is 17.4 Å². The number of ether oxygens (including phenoxy) is 6. The first-order chi connectivity index (χ1) is 18.6. The molecule has 3 heterocycles. The number of hydrogen-bond donors (Lipinski definition) is 1. The quantitative estimate of drug-likeness (QED) is 0.465. The average Bonchev–Trinajstić information content (AvgIpc) is 3.56. The van der Waals surface area contributed by atoms with Gasteiger partial charge >= 0.3 is 0 Å². The molecule has 0 unspecified atom stereocenters. The van der Waals surface area contributed by atoms with Gasteiger partial charge in [0.25, 0.3) is 0 Å². The summed E-state index contributed by atoms with van der Waals surface area (Å²) < 4.78 is 39.0. The second kappa shape index (κ2) is 8.89. The second-order valence-electron chi connectivity index (χ2n) is 16.6. The van der Waals surface area contributed by atoms with Crippen LogP contribution in [0.15, 0.2) is 0 Å². The number of hydrogen-bond acceptors (Lipinski definition) is 7. The summed E-state index contributed by atoms with van der Waals surface area (Å²) in [6.07, 6.45) is 8.80. The van der Waals surface area contributed by atoms with E-state index in [-0.39, 0.29) is 35.2 Å². The van der Waals surface area contributed by atoms with Crippen molar-refractivity contribution in [2.24, 2.45) is 40.4 Å². The van der Waals surface area contributed by atoms with Crippen LogP contribution < -0.4 is 0 Å². The third-order valence-corrected chi connectivity index (χ3v) is 12.9. The fourth-order valence-electron chi connectivity index (χ4n) is 11.5. The van der Waals surface area contributed by atoms with Crippen LogP contribution >= 0.6 is 0 Å². The zero-order valence-corrected chi connectivity index (χ0v) is 26.2. The summed E-state index contributed by atoms with van der Waals surface area (Å²) in [5.41, 5.74) is -0.586. The summed E-state index contributed by atoms with van der Waals surface area (Å²) in [6, 6.07) is 0. The zero-order chi connectivity index (χ0) is 28.5. The van der Waals surface area contributed by atoms with Crippen molar-refractivity contribution in [2.75, 3.05) is 13.2 Å². The Balaban J connectivity index is 1.17. The normalized spacial score (nSPS) is 52.3. The van der Waals surface area contributed by atoms with E-state index in [1.165, 1.54) is 25.7 Å². The van der Waals surface area contributed by atoms with Crippen LogP contribution in [0, 0.1) is 40.4 Å². The van der Waals surface area contributed by atoms with Gasteiger partial charge in [0.05, 0.1) is 37.1 Å². The molecule has 40 heavy (non-hydrogen) atoms. The molecule has 7 fully saturated rings. The molecule has 0 aromatic rings. The minimum absolute atomic E-state index is 0.0902. The Morgan fingerprint density at radius 1 is 0.750 bits per heavy atom. The summed E-state index contributed by atoms with van der Waals surface area (Å²) in [4.78, 5) is 0. The van der Waals surface area contributed by atoms with Crippen molar-refractivity contribution in [1.29, 1.82) is 0 Å². The topological polar surface area (TPSA) is 75.6 Å². The Kier molecular flexibility index (Phi) is 6.33. The molecular formula is C33H54O7. The summed E-state index contributed by atoms with van der Waals surface area (Å²) in [5, 5.41) is 10.9. The highest BCUT2D eigenvalue weighted by molar-refractivity contribution is 5.16. The molecule has 11 atom stereocenters. The summed E-state index contributed by atoms with van der Waals surface area (Å²) in [7, 11) is 0. The molecule has 228 valence electrons. The summed E-state index contributed by atoms with van der Waals surface area (Å²) in [6.45, 7) is 18.3. The fraction of sp³-hybridized carbons (Fsp3) is 1.00. The van der Waals surface area contributed by atoms with Crippen molar-refractivity contribution in [1.82, 2.24) is 0 Å². The van der Waals surface area contributed by atoms with Crippen LogP contribution in [0.4, 0.5) is 0 Å². The first kappa shape index (κ1) is 28.5. The third kappa shape index (κ3) is 4.22. The molecule has 1 spiro atoms. The van der Waals surface area contributed by atoms with Gasteiger partial charge in [0.1, 0.15) is 6.10 Å². The van der Waals surface area contributed by atoms with Gasteiger partial charge in [-0.3, -0.25) is 0 Å². The standard InChI is InChI=1S/C33H54O7/c1-28(2,34)27-24(38-30(5,6)40-27)15-19-9-10-21-20-17-33(35-13-14-36-33)26-16-23-25(39-29(3,4)37-23)18-32(26,8)22(20)11-12-31(19,21)7/h19-27,34H,9-18H2,1-8H3/t19-,20+,21+,22+,23+,24-,25-,26+,27-,31-,32-/m1/s1. The fourth-order valence-corrected chi connectivity index (χ4v) is 11.5. The van der Waals surface area contributed by atoms with Gasteiger partial charge < -0.3 is 33.5 Å². The lowest BCUT2D eigenvalue weighted by Gasteiger charge is -2.65. The molecule has 7 heteroatoms. The zero-order valence-electron chi connectivity index (χ0n) is 26.2. The summed E-state index contributed by atoms with van der Waals surface area (Å²) in [5.74, 6) is 1.09. The second-order valence-corrected chi connectivity index (χ2v) is 16.6. The molecule has 7 nitrogen and oxygen atoms in total. The van der Waals surface area contributed by atoms with E-state index in [0.29, 0.717) is 42.8 Å². The monoisotopic (exact) mass is 562 g/mol. The van der Waals surface area contributed by atoms with Gasteiger partial charge in [0.2, 0.25) is 0 Å². The van der Waals surface area contributed by atoms with Crippen LogP contribution in [0.5, 0.6) is 0 Å². The molecule has 7 rings (SSSR count). The average molecular weight is 563 g/mol. The maximum Gasteiger partial charge on any atom is 0.172 e. The van der Waals surface area contributed by atoms with Crippen molar-refractivity contribution in [3.63, 3.8) is 0 Å². The van der Waals surface area contributed by atoms with Gasteiger partial charge in [-0.2, -0.15) is 0 Å². The van der Waals surface area contributed by atoms with Crippen molar-refractivity contribution in [3.05, 3.63) is 0 Å². The minimum atomic E-state index is -0.940. The van der Waals surface area contributed by atoms with Crippen molar-refractivity contribution in [3.8, 4) is 0 Å². The van der Waals surface area contributed by atoms with E-state index in [4.69, 9.17) is 28.4 Å². The van der Waals surface area contributed by atoms with Crippen LogP contribution in [0.2, 0.25) is 0 Å². The maximum atomic E-state index is 10.9. The third-order valence-electron chi connectivity index (χ3n) is 12.9. The summed E-state index contributed by atoms with van der Waals surface area (Å²) >= 11 is 0. The van der Waals surface area contributed by atoms with Crippen molar-refractivity contribution < 1.29 is 33.5 Å². The molecule has 0 bridgehead atoms. The van der Waals surface area contributed by atoms with E-state index in [1.807, 2.05) is 27.7 Å². The lowest BCUT2D eigenvalue weighted by atomic mass is 9.43. The highest BCUT2D eigenvalue weighted by Gasteiger charge is 2.70. The minimum Gasteiger partial charge on any atom is -0.388 e. The molecular weight excluding hydrogens is 508 g/mol. The molecule has 0 aromatic heterocycles. The molecule has 3 saturated heterocycles. The van der Waals surface area contributed by atoms with E-state index >= 15 is 0 Å². The first-order valence-electron chi connectivity index (χ1n) is 16.3. The molecule has 4 aliphatic carbocycles. The molecule has 0 amide bonds. The van der Waals surface area contributed by atoms with Crippen LogP contribution in [-0.2, 0) is 28.4 Å².